The van der Waals surface area contributed by atoms with E-state index >= 15 is 0 Å². The number of amides is 1. The lowest BCUT2D eigenvalue weighted by Gasteiger charge is -2.33. The molecule has 3 rings (SSSR count). The van der Waals surface area contributed by atoms with E-state index < -0.39 is 12.1 Å². The zero-order valence-electron chi connectivity index (χ0n) is 15.3. The normalized spacial score (nSPS) is 18.1. The van der Waals surface area contributed by atoms with Crippen LogP contribution in [0.2, 0.25) is 0 Å². The van der Waals surface area contributed by atoms with Gasteiger partial charge in [0.15, 0.2) is 0 Å². The Kier molecular flexibility index (Phi) is 6.60. The Labute approximate surface area is 159 Å². The summed E-state index contributed by atoms with van der Waals surface area (Å²) in [5.74, 6) is -0.763. The number of ether oxygens (including phenoxy) is 1. The van der Waals surface area contributed by atoms with Crippen molar-refractivity contribution in [2.24, 2.45) is 0 Å². The van der Waals surface area contributed by atoms with Gasteiger partial charge in [0.1, 0.15) is 0 Å². The first-order chi connectivity index (χ1) is 13.1. The van der Waals surface area contributed by atoms with E-state index in [-0.39, 0.29) is 18.2 Å². The van der Waals surface area contributed by atoms with Gasteiger partial charge >= 0.3 is 5.97 Å². The van der Waals surface area contributed by atoms with Crippen molar-refractivity contribution < 1.29 is 19.4 Å². The van der Waals surface area contributed by atoms with E-state index in [1.165, 1.54) is 5.56 Å². The number of carboxylic acids is 1. The minimum absolute atomic E-state index is 0.0541. The maximum absolute atomic E-state index is 12.9. The van der Waals surface area contributed by atoms with Crippen molar-refractivity contribution in [1.82, 2.24) is 4.90 Å². The van der Waals surface area contributed by atoms with Gasteiger partial charge in [-0.3, -0.25) is 9.59 Å². The summed E-state index contributed by atoms with van der Waals surface area (Å²) in [6, 6.07) is 20.3. The minimum atomic E-state index is -0.902. The van der Waals surface area contributed by atoms with E-state index in [0.29, 0.717) is 26.1 Å². The third-order valence-corrected chi connectivity index (χ3v) is 4.91. The van der Waals surface area contributed by atoms with Crippen LogP contribution in [0.3, 0.4) is 0 Å². The fourth-order valence-electron chi connectivity index (χ4n) is 3.54. The zero-order valence-corrected chi connectivity index (χ0v) is 15.3. The Morgan fingerprint density at radius 3 is 2.41 bits per heavy atom. The molecule has 1 aliphatic heterocycles. The maximum Gasteiger partial charge on any atom is 0.306 e. The molecule has 1 saturated heterocycles. The van der Waals surface area contributed by atoms with Gasteiger partial charge in [0.05, 0.1) is 19.1 Å². The van der Waals surface area contributed by atoms with Gasteiger partial charge in [-0.15, -0.1) is 0 Å². The second-order valence-electron chi connectivity index (χ2n) is 6.93. The first kappa shape index (κ1) is 19.1. The Hall–Kier alpha value is -2.66. The number of rotatable bonds is 7. The van der Waals surface area contributed by atoms with Crippen LogP contribution in [0.15, 0.2) is 60.7 Å². The molecule has 0 unspecified atom stereocenters. The molecule has 142 valence electrons. The van der Waals surface area contributed by atoms with Crippen molar-refractivity contribution in [1.29, 1.82) is 0 Å². The van der Waals surface area contributed by atoms with Crippen molar-refractivity contribution in [2.45, 2.75) is 31.3 Å². The van der Waals surface area contributed by atoms with Gasteiger partial charge in [0, 0.05) is 19.5 Å². The average molecular weight is 367 g/mol. The molecule has 0 radical (unpaired) electrons. The van der Waals surface area contributed by atoms with Crippen LogP contribution in [0.4, 0.5) is 0 Å². The molecule has 2 atom stereocenters. The first-order valence-electron chi connectivity index (χ1n) is 9.32. The second-order valence-corrected chi connectivity index (χ2v) is 6.93. The lowest BCUT2D eigenvalue weighted by atomic mass is 9.88. The molecule has 1 amide bonds. The van der Waals surface area contributed by atoms with Crippen LogP contribution >= 0.6 is 0 Å². The number of carbonyl (C=O) groups is 2. The van der Waals surface area contributed by atoms with Crippen LogP contribution in [0, 0.1) is 0 Å². The number of hydrogen-bond donors (Lipinski definition) is 1. The van der Waals surface area contributed by atoms with Crippen LogP contribution in [0.5, 0.6) is 0 Å². The average Bonchev–Trinajstić information content (AvgIpc) is 2.68. The van der Waals surface area contributed by atoms with E-state index in [1.54, 1.807) is 4.90 Å². The first-order valence-corrected chi connectivity index (χ1v) is 9.32. The molecule has 1 N–H and O–H groups in total. The summed E-state index contributed by atoms with van der Waals surface area (Å²) >= 11 is 0. The third kappa shape index (κ3) is 5.66. The summed E-state index contributed by atoms with van der Waals surface area (Å²) in [4.78, 5) is 25.6. The Bertz CT molecular complexity index is 747. The van der Waals surface area contributed by atoms with Gasteiger partial charge in [0.2, 0.25) is 5.91 Å². The van der Waals surface area contributed by atoms with Crippen molar-refractivity contribution in [3.8, 4) is 0 Å². The molecule has 1 fully saturated rings. The van der Waals surface area contributed by atoms with Gasteiger partial charge in [-0.25, -0.2) is 0 Å². The number of morpholine rings is 1. The molecule has 2 aromatic carbocycles. The van der Waals surface area contributed by atoms with Gasteiger partial charge in [-0.2, -0.15) is 0 Å². The highest BCUT2D eigenvalue weighted by molar-refractivity contribution is 5.77. The number of benzene rings is 2. The molecule has 1 heterocycles. The van der Waals surface area contributed by atoms with Crippen LogP contribution in [-0.4, -0.2) is 47.7 Å². The van der Waals surface area contributed by atoms with Gasteiger partial charge in [0.25, 0.3) is 0 Å². The molecule has 0 aliphatic carbocycles. The van der Waals surface area contributed by atoms with Gasteiger partial charge < -0.3 is 14.7 Å². The molecule has 0 spiro atoms. The molecular weight excluding hydrogens is 342 g/mol. The highest BCUT2D eigenvalue weighted by Gasteiger charge is 2.27. The van der Waals surface area contributed by atoms with Crippen molar-refractivity contribution in [3.63, 3.8) is 0 Å². The molecular formula is C22H25NO4. The molecule has 5 nitrogen and oxygen atoms in total. The quantitative estimate of drug-likeness (QED) is 0.817. The Morgan fingerprint density at radius 2 is 1.74 bits per heavy atom. The second kappa shape index (κ2) is 9.33. The number of hydrogen-bond acceptors (Lipinski definition) is 3. The SMILES string of the molecule is O=C(O)C[C@H]1CN(C(=O)C[C@H](Cc2ccccc2)c2ccccc2)CCO1. The van der Waals surface area contributed by atoms with Crippen LogP contribution in [0.1, 0.15) is 29.9 Å². The fourth-order valence-corrected chi connectivity index (χ4v) is 3.54. The van der Waals surface area contributed by atoms with Crippen LogP contribution in [-0.2, 0) is 20.7 Å². The molecule has 0 aromatic heterocycles. The monoisotopic (exact) mass is 367 g/mol. The van der Waals surface area contributed by atoms with Crippen molar-refractivity contribution >= 4 is 11.9 Å². The molecule has 0 saturated carbocycles. The van der Waals surface area contributed by atoms with E-state index in [0.717, 1.165) is 12.0 Å². The lowest BCUT2D eigenvalue weighted by Crippen LogP contribution is -2.46. The molecule has 5 heteroatoms. The zero-order chi connectivity index (χ0) is 19.1. The molecule has 2 aromatic rings. The summed E-state index contributed by atoms with van der Waals surface area (Å²) < 4.78 is 5.48. The number of aliphatic carboxylic acids is 1. The van der Waals surface area contributed by atoms with E-state index in [2.05, 4.69) is 24.3 Å². The lowest BCUT2D eigenvalue weighted by molar-refractivity contribution is -0.147. The number of carboxylic acid groups (broad SMARTS) is 1. The summed E-state index contributed by atoms with van der Waals surface area (Å²) in [5, 5.41) is 8.97. The fraction of sp³-hybridized carbons (Fsp3) is 0.364. The standard InChI is InChI=1S/C22H25NO4/c24-21(23-11-12-27-20(16-23)15-22(25)26)14-19(18-9-5-2-6-10-18)13-17-7-3-1-4-8-17/h1-10,19-20H,11-16H2,(H,25,26)/t19-,20-/m0/s1. The smallest absolute Gasteiger partial charge is 0.306 e. The minimum Gasteiger partial charge on any atom is -0.481 e. The number of carbonyl (C=O) groups excluding carboxylic acids is 1. The number of nitrogens with zero attached hydrogens (tertiary/aromatic N) is 1. The Morgan fingerprint density at radius 1 is 1.07 bits per heavy atom. The maximum atomic E-state index is 12.9. The largest absolute Gasteiger partial charge is 0.481 e. The highest BCUT2D eigenvalue weighted by atomic mass is 16.5. The Balaban J connectivity index is 1.69. The predicted molar refractivity (Wildman–Crippen MR) is 103 cm³/mol. The summed E-state index contributed by atoms with van der Waals surface area (Å²) in [6.45, 7) is 1.25. The van der Waals surface area contributed by atoms with Crippen molar-refractivity contribution in [3.05, 3.63) is 71.8 Å². The summed E-state index contributed by atoms with van der Waals surface area (Å²) in [5.41, 5.74) is 2.34. The van der Waals surface area contributed by atoms with E-state index in [4.69, 9.17) is 9.84 Å². The highest BCUT2D eigenvalue weighted by Crippen LogP contribution is 2.26. The van der Waals surface area contributed by atoms with E-state index in [1.807, 2.05) is 36.4 Å². The summed E-state index contributed by atoms with van der Waals surface area (Å²) in [7, 11) is 0. The molecule has 1 aliphatic rings. The predicted octanol–water partition coefficient (Wildman–Crippen LogP) is 3.11. The van der Waals surface area contributed by atoms with Crippen molar-refractivity contribution in [2.75, 3.05) is 19.7 Å². The van der Waals surface area contributed by atoms with Crippen LogP contribution < -0.4 is 0 Å². The third-order valence-electron chi connectivity index (χ3n) is 4.91. The molecule has 0 bridgehead atoms. The topological polar surface area (TPSA) is 66.8 Å². The van der Waals surface area contributed by atoms with Gasteiger partial charge in [-0.05, 0) is 23.5 Å². The summed E-state index contributed by atoms with van der Waals surface area (Å²) in [6.07, 6.45) is 0.693. The van der Waals surface area contributed by atoms with E-state index in [9.17, 15) is 9.59 Å². The van der Waals surface area contributed by atoms with Crippen LogP contribution in [0.25, 0.3) is 0 Å². The van der Waals surface area contributed by atoms with Gasteiger partial charge in [-0.1, -0.05) is 60.7 Å². The molecule has 27 heavy (non-hydrogen) atoms.